The molecule has 2 aliphatic heterocycles. The zero-order chi connectivity index (χ0) is 19.6. The van der Waals surface area contributed by atoms with E-state index in [1.165, 1.54) is 10.5 Å². The van der Waals surface area contributed by atoms with Gasteiger partial charge in [-0.3, -0.25) is 9.69 Å². The monoisotopic (exact) mass is 385 g/mol. The van der Waals surface area contributed by atoms with Crippen molar-refractivity contribution in [3.8, 4) is 0 Å². The van der Waals surface area contributed by atoms with Crippen LogP contribution in [0.1, 0.15) is 51.0 Å². The largest absolute Gasteiger partial charge is 0.377 e. The highest BCUT2D eigenvalue weighted by Gasteiger charge is 2.52. The number of benzene rings is 1. The number of carbonyl (C=O) groups excluding carboxylic acids is 2. The van der Waals surface area contributed by atoms with Gasteiger partial charge in [-0.1, -0.05) is 37.3 Å². The van der Waals surface area contributed by atoms with Gasteiger partial charge in [0, 0.05) is 19.7 Å². The normalized spacial score (nSPS) is 30.4. The predicted octanol–water partition coefficient (Wildman–Crippen LogP) is 3.13. The van der Waals surface area contributed by atoms with Crippen LogP contribution < -0.4 is 5.32 Å². The van der Waals surface area contributed by atoms with E-state index in [4.69, 9.17) is 4.74 Å². The molecule has 4 rings (SSSR count). The molecular formula is C22H31N3O3. The molecule has 0 aromatic heterocycles. The lowest BCUT2D eigenvalue weighted by atomic mass is 9.77. The van der Waals surface area contributed by atoms with Gasteiger partial charge in [0.1, 0.15) is 5.54 Å². The second-order valence-corrected chi connectivity index (χ2v) is 8.70. The lowest BCUT2D eigenvalue weighted by Gasteiger charge is -2.34. The number of hydrogen-bond donors (Lipinski definition) is 1. The molecule has 1 atom stereocenters. The molecule has 1 saturated carbocycles. The van der Waals surface area contributed by atoms with E-state index >= 15 is 0 Å². The molecule has 28 heavy (non-hydrogen) atoms. The third-order valence-corrected chi connectivity index (χ3v) is 6.45. The first-order valence-corrected chi connectivity index (χ1v) is 10.6. The van der Waals surface area contributed by atoms with Crippen molar-refractivity contribution < 1.29 is 14.3 Å². The summed E-state index contributed by atoms with van der Waals surface area (Å²) in [4.78, 5) is 29.5. The van der Waals surface area contributed by atoms with Crippen molar-refractivity contribution in [2.45, 2.75) is 63.6 Å². The van der Waals surface area contributed by atoms with Gasteiger partial charge in [0.15, 0.2) is 0 Å². The van der Waals surface area contributed by atoms with Crippen molar-refractivity contribution in [1.29, 1.82) is 0 Å². The maximum atomic E-state index is 13.2. The van der Waals surface area contributed by atoms with Gasteiger partial charge in [0.05, 0.1) is 12.8 Å². The van der Waals surface area contributed by atoms with E-state index in [2.05, 4.69) is 29.3 Å². The molecule has 0 radical (unpaired) electrons. The molecule has 3 aliphatic rings. The van der Waals surface area contributed by atoms with Crippen molar-refractivity contribution in [3.63, 3.8) is 0 Å². The van der Waals surface area contributed by atoms with Gasteiger partial charge in [-0.15, -0.1) is 0 Å². The van der Waals surface area contributed by atoms with E-state index in [9.17, 15) is 9.59 Å². The molecule has 1 aromatic carbocycles. The van der Waals surface area contributed by atoms with Crippen LogP contribution in [0.2, 0.25) is 0 Å². The quantitative estimate of drug-likeness (QED) is 0.765. The van der Waals surface area contributed by atoms with Crippen LogP contribution in [0.25, 0.3) is 0 Å². The Hall–Kier alpha value is -1.92. The molecule has 6 heteroatoms. The minimum Gasteiger partial charge on any atom is -0.377 e. The second-order valence-electron chi connectivity index (χ2n) is 8.70. The van der Waals surface area contributed by atoms with Gasteiger partial charge < -0.3 is 10.1 Å². The number of amides is 3. The Morgan fingerprint density at radius 1 is 1.18 bits per heavy atom. The van der Waals surface area contributed by atoms with Gasteiger partial charge in [0.2, 0.25) is 0 Å². The Morgan fingerprint density at radius 2 is 1.93 bits per heavy atom. The molecule has 1 aliphatic carbocycles. The van der Waals surface area contributed by atoms with Gasteiger partial charge in [0.25, 0.3) is 5.91 Å². The Labute approximate surface area is 167 Å². The first-order chi connectivity index (χ1) is 13.6. The molecule has 1 unspecified atom stereocenters. The molecule has 3 amide bonds. The van der Waals surface area contributed by atoms with Crippen molar-refractivity contribution in [2.24, 2.45) is 5.92 Å². The van der Waals surface area contributed by atoms with Gasteiger partial charge in [-0.2, -0.15) is 0 Å². The molecule has 0 bridgehead atoms. The van der Waals surface area contributed by atoms with Crippen LogP contribution in [0, 0.1) is 5.92 Å². The number of imide groups is 1. The summed E-state index contributed by atoms with van der Waals surface area (Å²) in [5, 5.41) is 3.03. The van der Waals surface area contributed by atoms with E-state index in [-0.39, 0.29) is 18.0 Å². The number of nitrogens with one attached hydrogen (secondary N) is 1. The van der Waals surface area contributed by atoms with E-state index in [0.717, 1.165) is 51.7 Å². The Balaban J connectivity index is 1.47. The summed E-state index contributed by atoms with van der Waals surface area (Å²) in [6.45, 7) is 4.76. The van der Waals surface area contributed by atoms with Crippen LogP contribution in [-0.2, 0) is 16.1 Å². The van der Waals surface area contributed by atoms with Crippen molar-refractivity contribution in [3.05, 3.63) is 35.9 Å². The molecule has 6 nitrogen and oxygen atoms in total. The first kappa shape index (κ1) is 19.4. The van der Waals surface area contributed by atoms with Crippen molar-refractivity contribution in [2.75, 3.05) is 19.8 Å². The topological polar surface area (TPSA) is 61.9 Å². The lowest BCUT2D eigenvalue weighted by Crippen LogP contribution is -2.50. The summed E-state index contributed by atoms with van der Waals surface area (Å²) in [5.74, 6) is 0.577. The Bertz CT molecular complexity index is 694. The summed E-state index contributed by atoms with van der Waals surface area (Å²) in [6, 6.07) is 9.96. The molecule has 1 N–H and O–H groups in total. The van der Waals surface area contributed by atoms with Crippen LogP contribution in [-0.4, -0.2) is 53.2 Å². The maximum Gasteiger partial charge on any atom is 0.326 e. The highest BCUT2D eigenvalue weighted by Crippen LogP contribution is 2.36. The average molecular weight is 386 g/mol. The molecule has 152 valence electrons. The summed E-state index contributed by atoms with van der Waals surface area (Å²) >= 11 is 0. The lowest BCUT2D eigenvalue weighted by molar-refractivity contribution is -0.134. The number of urea groups is 1. The molecule has 2 saturated heterocycles. The van der Waals surface area contributed by atoms with Gasteiger partial charge in [-0.05, 0) is 50.0 Å². The van der Waals surface area contributed by atoms with Crippen LogP contribution in [0.3, 0.4) is 0 Å². The SMILES string of the molecule is CC1CCC2(CC1)NC(=O)N(CN(Cc1ccccc1)CC1CCCO1)C2=O. The molecule has 3 fully saturated rings. The minimum atomic E-state index is -0.675. The fourth-order valence-electron chi connectivity index (χ4n) is 4.69. The Morgan fingerprint density at radius 3 is 2.61 bits per heavy atom. The fourth-order valence-corrected chi connectivity index (χ4v) is 4.69. The van der Waals surface area contributed by atoms with E-state index in [1.54, 1.807) is 0 Å². The minimum absolute atomic E-state index is 0.0465. The summed E-state index contributed by atoms with van der Waals surface area (Å²) in [5.41, 5.74) is 0.500. The van der Waals surface area contributed by atoms with Crippen LogP contribution in [0.15, 0.2) is 30.3 Å². The zero-order valence-corrected chi connectivity index (χ0v) is 16.7. The van der Waals surface area contributed by atoms with Crippen molar-refractivity contribution in [1.82, 2.24) is 15.1 Å². The maximum absolute atomic E-state index is 13.2. The van der Waals surface area contributed by atoms with E-state index in [1.807, 2.05) is 18.2 Å². The zero-order valence-electron chi connectivity index (χ0n) is 16.7. The summed E-state index contributed by atoms with van der Waals surface area (Å²) < 4.78 is 5.82. The highest BCUT2D eigenvalue weighted by atomic mass is 16.5. The van der Waals surface area contributed by atoms with E-state index in [0.29, 0.717) is 19.1 Å². The second kappa shape index (κ2) is 8.21. The smallest absolute Gasteiger partial charge is 0.326 e. The summed E-state index contributed by atoms with van der Waals surface area (Å²) in [6.07, 6.45) is 5.77. The first-order valence-electron chi connectivity index (χ1n) is 10.6. The number of nitrogens with zero attached hydrogens (tertiary/aromatic N) is 2. The third-order valence-electron chi connectivity index (χ3n) is 6.45. The predicted molar refractivity (Wildman–Crippen MR) is 106 cm³/mol. The van der Waals surface area contributed by atoms with Crippen LogP contribution >= 0.6 is 0 Å². The number of rotatable bonds is 6. The number of carbonyl (C=O) groups is 2. The number of ether oxygens (including phenoxy) is 1. The molecule has 2 heterocycles. The Kier molecular flexibility index (Phi) is 5.69. The summed E-state index contributed by atoms with van der Waals surface area (Å²) in [7, 11) is 0. The van der Waals surface area contributed by atoms with Crippen LogP contribution in [0.4, 0.5) is 4.79 Å². The standard InChI is InChI=1S/C22H31N3O3/c1-17-9-11-22(12-10-17)20(26)25(21(27)23-22)16-24(15-19-8-5-13-28-19)14-18-6-3-2-4-7-18/h2-4,6-7,17,19H,5,8-16H2,1H3,(H,23,27). The van der Waals surface area contributed by atoms with E-state index < -0.39 is 5.54 Å². The fraction of sp³-hybridized carbons (Fsp3) is 0.636. The number of hydrogen-bond acceptors (Lipinski definition) is 4. The average Bonchev–Trinajstić information content (AvgIpc) is 3.28. The van der Waals surface area contributed by atoms with Gasteiger partial charge >= 0.3 is 6.03 Å². The van der Waals surface area contributed by atoms with Crippen LogP contribution in [0.5, 0.6) is 0 Å². The third kappa shape index (κ3) is 4.08. The highest BCUT2D eigenvalue weighted by molar-refractivity contribution is 6.07. The van der Waals surface area contributed by atoms with Gasteiger partial charge in [-0.25, -0.2) is 9.69 Å². The van der Waals surface area contributed by atoms with Crippen molar-refractivity contribution >= 4 is 11.9 Å². The molecular weight excluding hydrogens is 354 g/mol. The molecule has 1 aromatic rings. The molecule has 1 spiro atoms.